The van der Waals surface area contributed by atoms with Gasteiger partial charge in [0.05, 0.1) is 5.56 Å². The van der Waals surface area contributed by atoms with E-state index in [1.54, 1.807) is 12.1 Å². The average molecular weight is 164 g/mol. The largest absolute Gasteiger partial charge is 0.430 e. The van der Waals surface area contributed by atoms with Crippen LogP contribution < -0.4 is 5.46 Å². The van der Waals surface area contributed by atoms with E-state index in [1.165, 1.54) is 12.1 Å². The van der Waals surface area contributed by atoms with Crippen molar-refractivity contribution in [2.75, 3.05) is 6.86 Å². The van der Waals surface area contributed by atoms with Gasteiger partial charge in [-0.2, -0.15) is 0 Å². The molecule has 2 radical (unpaired) electrons. The van der Waals surface area contributed by atoms with Gasteiger partial charge in [0.25, 0.3) is 0 Å². The van der Waals surface area contributed by atoms with Gasteiger partial charge in [0.1, 0.15) is 7.85 Å². The van der Waals surface area contributed by atoms with Gasteiger partial charge in [-0.3, -0.25) is 0 Å². The van der Waals surface area contributed by atoms with Gasteiger partial charge in [0.15, 0.2) is 0 Å². The molecule has 4 heteroatoms. The quantitative estimate of drug-likeness (QED) is 0.471. The lowest BCUT2D eigenvalue weighted by Gasteiger charge is -2.00. The normalized spacial score (nSPS) is 9.42. The van der Waals surface area contributed by atoms with Gasteiger partial charge in [-0.15, -0.1) is 0 Å². The lowest BCUT2D eigenvalue weighted by atomic mass is 9.94. The van der Waals surface area contributed by atoms with E-state index in [-0.39, 0.29) is 5.56 Å². The molecule has 0 N–H and O–H groups in total. The van der Waals surface area contributed by atoms with E-state index in [0.29, 0.717) is 5.46 Å². The van der Waals surface area contributed by atoms with E-state index in [4.69, 9.17) is 7.85 Å². The summed E-state index contributed by atoms with van der Waals surface area (Å²) in [7, 11) is 5.39. The highest BCUT2D eigenvalue weighted by Gasteiger charge is 2.04. The summed E-state index contributed by atoms with van der Waals surface area (Å²) >= 11 is 0. The lowest BCUT2D eigenvalue weighted by molar-refractivity contribution is 0.0324. The maximum Gasteiger partial charge on any atom is 0.340 e. The second-order valence-electron chi connectivity index (χ2n) is 2.17. The molecule has 1 rings (SSSR count). The van der Waals surface area contributed by atoms with Gasteiger partial charge < -0.3 is 4.74 Å². The molecule has 0 heterocycles. The molecule has 2 nitrogen and oxygen atoms in total. The fourth-order valence-electron chi connectivity index (χ4n) is 0.799. The van der Waals surface area contributed by atoms with Crippen LogP contribution in [0.25, 0.3) is 0 Å². The third-order valence-electron chi connectivity index (χ3n) is 1.31. The summed E-state index contributed by atoms with van der Waals surface area (Å²) in [5.74, 6) is -0.704. The highest BCUT2D eigenvalue weighted by atomic mass is 19.1. The van der Waals surface area contributed by atoms with Gasteiger partial charge in [-0.25, -0.2) is 9.18 Å². The van der Waals surface area contributed by atoms with Gasteiger partial charge in [0.2, 0.25) is 6.86 Å². The van der Waals surface area contributed by atoms with Crippen LogP contribution in [0.5, 0.6) is 0 Å². The van der Waals surface area contributed by atoms with Crippen LogP contribution in [0.3, 0.4) is 0 Å². The fourth-order valence-corrected chi connectivity index (χ4v) is 0.799. The van der Waals surface area contributed by atoms with Crippen LogP contribution in [-0.4, -0.2) is 20.7 Å². The number of hydrogen-bond donors (Lipinski definition) is 0. The Kier molecular flexibility index (Phi) is 2.85. The van der Waals surface area contributed by atoms with Crippen LogP contribution in [0.4, 0.5) is 4.39 Å². The van der Waals surface area contributed by atoms with Crippen LogP contribution in [0.15, 0.2) is 24.3 Å². The number of halogens is 1. The molecule has 0 atom stereocenters. The van der Waals surface area contributed by atoms with Gasteiger partial charge in [-0.1, -0.05) is 23.7 Å². The summed E-state index contributed by atoms with van der Waals surface area (Å²) in [4.78, 5) is 10.9. The molecule has 0 unspecified atom stereocenters. The smallest absolute Gasteiger partial charge is 0.340 e. The maximum atomic E-state index is 11.6. The summed E-state index contributed by atoms with van der Waals surface area (Å²) < 4.78 is 15.7. The molecule has 1 aromatic rings. The number of benzene rings is 1. The molecule has 0 amide bonds. The SMILES string of the molecule is [B]c1cccc(C(=O)OCF)c1. The number of ether oxygens (including phenoxy) is 1. The van der Waals surface area contributed by atoms with E-state index in [1.807, 2.05) is 0 Å². The van der Waals surface area contributed by atoms with E-state index in [0.717, 1.165) is 0 Å². The number of rotatable bonds is 2. The maximum absolute atomic E-state index is 11.6. The van der Waals surface area contributed by atoms with Gasteiger partial charge in [0, 0.05) is 0 Å². The van der Waals surface area contributed by atoms with Crippen molar-refractivity contribution in [3.8, 4) is 0 Å². The first-order valence-corrected chi connectivity index (χ1v) is 3.32. The van der Waals surface area contributed by atoms with Crippen LogP contribution in [0.1, 0.15) is 10.4 Å². The van der Waals surface area contributed by atoms with Crippen molar-refractivity contribution in [1.29, 1.82) is 0 Å². The zero-order chi connectivity index (χ0) is 8.97. The summed E-state index contributed by atoms with van der Waals surface area (Å²) in [6.45, 7) is -1.12. The summed E-state index contributed by atoms with van der Waals surface area (Å²) in [5.41, 5.74) is 0.705. The topological polar surface area (TPSA) is 26.3 Å². The van der Waals surface area contributed by atoms with Crippen LogP contribution in [-0.2, 0) is 4.74 Å². The zero-order valence-corrected chi connectivity index (χ0v) is 6.29. The standard InChI is InChI=1S/C8H6BFO2/c9-7-3-1-2-6(4-7)8(11)12-5-10/h1-4H,5H2. The van der Waals surface area contributed by atoms with E-state index < -0.39 is 12.8 Å². The molecule has 0 fully saturated rings. The van der Waals surface area contributed by atoms with Crippen molar-refractivity contribution in [1.82, 2.24) is 0 Å². The van der Waals surface area contributed by atoms with Crippen LogP contribution in [0, 0.1) is 0 Å². The molecular weight excluding hydrogens is 158 g/mol. The van der Waals surface area contributed by atoms with E-state index in [2.05, 4.69) is 4.74 Å². The van der Waals surface area contributed by atoms with Crippen molar-refractivity contribution < 1.29 is 13.9 Å². The van der Waals surface area contributed by atoms with E-state index >= 15 is 0 Å². The predicted octanol–water partition coefficient (Wildman–Crippen LogP) is 0.564. The molecule has 0 aliphatic rings. The minimum Gasteiger partial charge on any atom is -0.430 e. The second kappa shape index (κ2) is 3.90. The number of hydrogen-bond acceptors (Lipinski definition) is 2. The molecule has 0 aromatic heterocycles. The van der Waals surface area contributed by atoms with Crippen molar-refractivity contribution in [3.63, 3.8) is 0 Å². The molecule has 0 spiro atoms. The number of alkyl halides is 1. The Bertz CT molecular complexity index is 288. The van der Waals surface area contributed by atoms with Gasteiger partial charge >= 0.3 is 5.97 Å². The highest BCUT2D eigenvalue weighted by Crippen LogP contribution is 1.98. The number of carbonyl (C=O) groups is 1. The Morgan fingerprint density at radius 3 is 2.92 bits per heavy atom. The lowest BCUT2D eigenvalue weighted by Crippen LogP contribution is -2.09. The summed E-state index contributed by atoms with van der Waals surface area (Å²) in [6.07, 6.45) is 0. The third-order valence-corrected chi connectivity index (χ3v) is 1.31. The van der Waals surface area contributed by atoms with Crippen molar-refractivity contribution in [3.05, 3.63) is 29.8 Å². The first kappa shape index (κ1) is 8.78. The third kappa shape index (κ3) is 2.08. The Morgan fingerprint density at radius 2 is 2.33 bits per heavy atom. The predicted molar refractivity (Wildman–Crippen MR) is 43.2 cm³/mol. The first-order valence-electron chi connectivity index (χ1n) is 3.32. The van der Waals surface area contributed by atoms with Gasteiger partial charge in [-0.05, 0) is 6.07 Å². The van der Waals surface area contributed by atoms with Crippen LogP contribution in [0.2, 0.25) is 0 Å². The molecular formula is C8H6BFO2. The molecule has 12 heavy (non-hydrogen) atoms. The Hall–Kier alpha value is -1.32. The Labute approximate surface area is 70.8 Å². The molecule has 60 valence electrons. The number of esters is 1. The van der Waals surface area contributed by atoms with E-state index in [9.17, 15) is 9.18 Å². The summed E-state index contributed by atoms with van der Waals surface area (Å²) in [6, 6.07) is 6.17. The minimum atomic E-state index is -1.12. The fraction of sp³-hybridized carbons (Fsp3) is 0.125. The summed E-state index contributed by atoms with van der Waals surface area (Å²) in [5, 5.41) is 0. The highest BCUT2D eigenvalue weighted by molar-refractivity contribution is 6.32. The molecule has 0 bridgehead atoms. The van der Waals surface area contributed by atoms with Crippen molar-refractivity contribution in [2.24, 2.45) is 0 Å². The second-order valence-corrected chi connectivity index (χ2v) is 2.17. The van der Waals surface area contributed by atoms with Crippen molar-refractivity contribution >= 4 is 19.3 Å². The average Bonchev–Trinajstić information content (AvgIpc) is 2.05. The number of carbonyl (C=O) groups excluding carboxylic acids is 1. The van der Waals surface area contributed by atoms with Crippen LogP contribution >= 0.6 is 0 Å². The Balaban J connectivity index is 2.81. The molecule has 0 aliphatic carbocycles. The molecule has 0 aliphatic heterocycles. The van der Waals surface area contributed by atoms with Crippen molar-refractivity contribution in [2.45, 2.75) is 0 Å². The monoisotopic (exact) mass is 164 g/mol. The Morgan fingerprint density at radius 1 is 1.58 bits per heavy atom. The molecule has 0 saturated heterocycles. The first-order chi connectivity index (χ1) is 5.74. The minimum absolute atomic E-state index is 0.257. The zero-order valence-electron chi connectivity index (χ0n) is 6.29. The molecule has 0 saturated carbocycles. The molecule has 1 aromatic carbocycles.